The smallest absolute Gasteiger partial charge is 0.146 e. The van der Waals surface area contributed by atoms with Gasteiger partial charge in [0.1, 0.15) is 21.5 Å². The predicted molar refractivity (Wildman–Crippen MR) is 196 cm³/mol. The third-order valence-corrected chi connectivity index (χ3v) is 10.0. The monoisotopic (exact) mass is 682 g/mol. The summed E-state index contributed by atoms with van der Waals surface area (Å²) in [5.74, 6) is 0.986. The van der Waals surface area contributed by atoms with Gasteiger partial charge in [0.05, 0.1) is 6.04 Å². The van der Waals surface area contributed by atoms with Gasteiger partial charge in [-0.3, -0.25) is 4.90 Å². The molecule has 1 fully saturated rings. The van der Waals surface area contributed by atoms with Crippen molar-refractivity contribution in [3.05, 3.63) is 166 Å². The number of aryl methyl sites for hydroxylation is 1. The van der Waals surface area contributed by atoms with E-state index in [0.29, 0.717) is 0 Å². The van der Waals surface area contributed by atoms with Gasteiger partial charge >= 0.3 is 0 Å². The molecule has 0 aliphatic carbocycles. The van der Waals surface area contributed by atoms with Gasteiger partial charge < -0.3 is 4.90 Å². The maximum Gasteiger partial charge on any atom is 0.146 e. The fourth-order valence-electron chi connectivity index (χ4n) is 6.08. The third-order valence-electron chi connectivity index (χ3n) is 8.47. The number of halogens is 1. The lowest BCUT2D eigenvalue weighted by molar-refractivity contribution is 0.150. The summed E-state index contributed by atoms with van der Waals surface area (Å²) in [7, 11) is 0. The van der Waals surface area contributed by atoms with Crippen LogP contribution in [0.1, 0.15) is 28.3 Å². The van der Waals surface area contributed by atoms with Crippen LogP contribution in [0.25, 0.3) is 21.8 Å². The first-order chi connectivity index (χ1) is 22.6. The maximum atomic E-state index is 5.48. The van der Waals surface area contributed by atoms with Crippen molar-refractivity contribution in [2.75, 3.05) is 26.2 Å². The highest BCUT2D eigenvalue weighted by Gasteiger charge is 2.28. The molecule has 4 nitrogen and oxygen atoms in total. The quantitative estimate of drug-likeness (QED) is 0.124. The summed E-state index contributed by atoms with van der Waals surface area (Å²) in [6, 6.07) is 49.5. The van der Waals surface area contributed by atoms with Gasteiger partial charge in [0.15, 0.2) is 0 Å². The molecule has 0 N–H and O–H groups in total. The van der Waals surface area contributed by atoms with Gasteiger partial charge in [-0.15, -0.1) is 0 Å². The summed E-state index contributed by atoms with van der Waals surface area (Å²) < 4.78 is 1.05. The molecule has 46 heavy (non-hydrogen) atoms. The number of hydrogen-bond donors (Lipinski definition) is 0. The Morgan fingerprint density at radius 2 is 1.24 bits per heavy atom. The van der Waals surface area contributed by atoms with Crippen LogP contribution in [0.4, 0.5) is 5.00 Å². The van der Waals surface area contributed by atoms with Crippen LogP contribution in [0.2, 0.25) is 0 Å². The normalized spacial score (nSPS) is 14.2. The van der Waals surface area contributed by atoms with E-state index in [4.69, 9.17) is 9.98 Å². The number of thiazole rings is 1. The summed E-state index contributed by atoms with van der Waals surface area (Å²) in [5, 5.41) is 1.90. The minimum atomic E-state index is 0.209. The highest BCUT2D eigenvalue weighted by Crippen LogP contribution is 2.41. The zero-order chi connectivity index (χ0) is 31.3. The molecule has 0 amide bonds. The molecule has 0 unspecified atom stereocenters. The summed E-state index contributed by atoms with van der Waals surface area (Å²) >= 11 is 5.29. The summed E-state index contributed by atoms with van der Waals surface area (Å²) in [4.78, 5) is 15.7. The fourth-order valence-corrected chi connectivity index (χ4v) is 7.31. The van der Waals surface area contributed by atoms with Gasteiger partial charge in [-0.2, -0.15) is 0 Å². The van der Waals surface area contributed by atoms with Crippen LogP contribution in [0.15, 0.2) is 149 Å². The molecule has 228 valence electrons. The largest absolute Gasteiger partial charge is 0.354 e. The van der Waals surface area contributed by atoms with E-state index in [2.05, 4.69) is 166 Å². The zero-order valence-electron chi connectivity index (χ0n) is 25.8. The molecule has 6 heteroatoms. The molecular weight excluding hydrogens is 648 g/mol. The van der Waals surface area contributed by atoms with Crippen LogP contribution < -0.4 is 0 Å². The summed E-state index contributed by atoms with van der Waals surface area (Å²) in [6.07, 6.45) is 0. The van der Waals surface area contributed by atoms with Gasteiger partial charge in [0, 0.05) is 47.3 Å². The van der Waals surface area contributed by atoms with Gasteiger partial charge in [-0.05, 0) is 30.2 Å². The zero-order valence-corrected chi connectivity index (χ0v) is 28.2. The molecule has 2 heterocycles. The molecule has 1 saturated heterocycles. The number of aliphatic imine (C=N–C) groups is 1. The average molecular weight is 684 g/mol. The van der Waals surface area contributed by atoms with E-state index in [9.17, 15) is 0 Å². The predicted octanol–water partition coefficient (Wildman–Crippen LogP) is 10.0. The van der Waals surface area contributed by atoms with E-state index in [1.807, 2.05) is 6.07 Å². The third kappa shape index (κ3) is 6.75. The SMILES string of the molecule is Cc1ccc(-c2nc(-c3ccccc3)sc2N=C(c2ccc(Br)cc2)N2CCN(C(c3ccccc3)c3ccccc3)CC2)cc1. The highest BCUT2D eigenvalue weighted by molar-refractivity contribution is 9.10. The second kappa shape index (κ2) is 14.0. The van der Waals surface area contributed by atoms with E-state index >= 15 is 0 Å². The lowest BCUT2D eigenvalue weighted by Crippen LogP contribution is -2.50. The Bertz CT molecular complexity index is 1860. The topological polar surface area (TPSA) is 31.7 Å². The molecule has 0 bridgehead atoms. The molecule has 0 spiro atoms. The molecule has 5 aromatic carbocycles. The Labute approximate surface area is 283 Å². The summed E-state index contributed by atoms with van der Waals surface area (Å²) in [6.45, 7) is 5.70. The van der Waals surface area contributed by atoms with E-state index in [1.54, 1.807) is 11.3 Å². The lowest BCUT2D eigenvalue weighted by atomic mass is 9.96. The minimum Gasteiger partial charge on any atom is -0.354 e. The van der Waals surface area contributed by atoms with Crippen LogP contribution in [-0.4, -0.2) is 46.8 Å². The van der Waals surface area contributed by atoms with Crippen LogP contribution in [-0.2, 0) is 0 Å². The number of rotatable bonds is 7. The first-order valence-electron chi connectivity index (χ1n) is 15.7. The first-order valence-corrected chi connectivity index (χ1v) is 17.3. The maximum absolute atomic E-state index is 5.48. The van der Waals surface area contributed by atoms with Crippen molar-refractivity contribution < 1.29 is 0 Å². The van der Waals surface area contributed by atoms with Crippen LogP contribution >= 0.6 is 27.3 Å². The Morgan fingerprint density at radius 3 is 1.83 bits per heavy atom. The van der Waals surface area contributed by atoms with Crippen molar-refractivity contribution in [2.24, 2.45) is 4.99 Å². The molecule has 1 aliphatic rings. The van der Waals surface area contributed by atoms with Crippen LogP contribution in [0.3, 0.4) is 0 Å². The molecule has 0 saturated carbocycles. The lowest BCUT2D eigenvalue weighted by Gasteiger charge is -2.41. The number of benzene rings is 5. The van der Waals surface area contributed by atoms with E-state index in [0.717, 1.165) is 68.9 Å². The Morgan fingerprint density at radius 1 is 0.674 bits per heavy atom. The first kappa shape index (κ1) is 30.3. The second-order valence-electron chi connectivity index (χ2n) is 11.6. The second-order valence-corrected chi connectivity index (χ2v) is 13.5. The molecule has 0 radical (unpaired) electrons. The van der Waals surface area contributed by atoms with Crippen molar-refractivity contribution in [3.63, 3.8) is 0 Å². The number of nitrogens with zero attached hydrogens (tertiary/aromatic N) is 4. The number of amidine groups is 1. The molecule has 0 atom stereocenters. The van der Waals surface area contributed by atoms with E-state index in [1.165, 1.54) is 16.7 Å². The van der Waals surface area contributed by atoms with Gasteiger partial charge in [0.25, 0.3) is 0 Å². The average Bonchev–Trinajstić information content (AvgIpc) is 3.54. The Balaban J connectivity index is 1.26. The standard InChI is InChI=1S/C40H35BrN4S/c1-29-17-19-30(20-18-29)36-40(46-39(42-36)34-15-9-4-10-16-34)43-38(33-21-23-35(41)24-22-33)45-27-25-44(26-28-45)37(31-11-5-2-6-12-31)32-13-7-3-8-14-32/h2-24,37H,25-28H2,1H3. The van der Waals surface area contributed by atoms with Crippen LogP contribution in [0, 0.1) is 6.92 Å². The van der Waals surface area contributed by atoms with Gasteiger partial charge in [-0.25, -0.2) is 9.98 Å². The molecule has 1 aromatic heterocycles. The van der Waals surface area contributed by atoms with Crippen molar-refractivity contribution in [2.45, 2.75) is 13.0 Å². The number of hydrogen-bond acceptors (Lipinski definition) is 4. The van der Waals surface area contributed by atoms with Crippen molar-refractivity contribution in [3.8, 4) is 21.8 Å². The molecule has 7 rings (SSSR count). The molecule has 6 aromatic rings. The van der Waals surface area contributed by atoms with E-state index in [-0.39, 0.29) is 6.04 Å². The Kier molecular flexibility index (Phi) is 9.19. The number of aromatic nitrogens is 1. The molecule has 1 aliphatic heterocycles. The summed E-state index contributed by atoms with van der Waals surface area (Å²) in [5.41, 5.74) is 8.08. The van der Waals surface area contributed by atoms with Crippen molar-refractivity contribution >= 4 is 38.1 Å². The Hall–Kier alpha value is -4.36. The van der Waals surface area contributed by atoms with Crippen LogP contribution in [0.5, 0.6) is 0 Å². The molecular formula is C40H35BrN4S. The van der Waals surface area contributed by atoms with E-state index < -0.39 is 0 Å². The van der Waals surface area contributed by atoms with Gasteiger partial charge in [-0.1, -0.05) is 160 Å². The minimum absolute atomic E-state index is 0.209. The fraction of sp³-hybridized carbons (Fsp3) is 0.150. The number of piperazine rings is 1. The van der Waals surface area contributed by atoms with Gasteiger partial charge in [0.2, 0.25) is 0 Å². The van der Waals surface area contributed by atoms with Crippen molar-refractivity contribution in [1.29, 1.82) is 0 Å². The highest BCUT2D eigenvalue weighted by atomic mass is 79.9. The van der Waals surface area contributed by atoms with Crippen molar-refractivity contribution in [1.82, 2.24) is 14.8 Å².